The first kappa shape index (κ1) is 10.9. The van der Waals surface area contributed by atoms with Crippen molar-refractivity contribution in [3.05, 3.63) is 43.6 Å². The third kappa shape index (κ3) is 1.53. The molecule has 0 unspecified atom stereocenters. The van der Waals surface area contributed by atoms with Crippen LogP contribution in [0.25, 0.3) is 15.9 Å². The summed E-state index contributed by atoms with van der Waals surface area (Å²) in [6.45, 7) is 3.96. The minimum absolute atomic E-state index is 0.00755. The van der Waals surface area contributed by atoms with Gasteiger partial charge >= 0.3 is 0 Å². The molecule has 0 atom stereocenters. The summed E-state index contributed by atoms with van der Waals surface area (Å²) in [5.74, 6) is 0. The van der Waals surface area contributed by atoms with Crippen molar-refractivity contribution in [2.75, 3.05) is 0 Å². The van der Waals surface area contributed by atoms with E-state index in [1.165, 1.54) is 0 Å². The highest BCUT2D eigenvalue weighted by Gasteiger charge is 2.11. The van der Waals surface area contributed by atoms with Gasteiger partial charge in [0.25, 0.3) is 5.56 Å². The Balaban J connectivity index is 2.63. The first-order valence-corrected chi connectivity index (χ1v) is 6.77. The molecule has 1 aromatic carbocycles. The predicted molar refractivity (Wildman–Crippen MR) is 74.0 cm³/mol. The van der Waals surface area contributed by atoms with Crippen molar-refractivity contribution in [1.29, 1.82) is 0 Å². The molecule has 5 heteroatoms. The molecule has 0 saturated carbocycles. The van der Waals surface area contributed by atoms with Crippen molar-refractivity contribution in [3.8, 4) is 0 Å². The molecule has 0 saturated heterocycles. The zero-order valence-corrected chi connectivity index (χ0v) is 11.7. The van der Waals surface area contributed by atoms with Crippen LogP contribution in [0, 0.1) is 13.8 Å². The molecule has 0 fully saturated rings. The molecule has 0 radical (unpaired) electrons. The lowest BCUT2D eigenvalue weighted by molar-refractivity contribution is 1.04. The van der Waals surface area contributed by atoms with Crippen molar-refractivity contribution < 1.29 is 0 Å². The third-order valence-corrected chi connectivity index (χ3v) is 4.44. The van der Waals surface area contributed by atoms with E-state index in [0.29, 0.717) is 5.39 Å². The lowest BCUT2D eigenvalue weighted by Gasteiger charge is -2.00. The van der Waals surface area contributed by atoms with Crippen LogP contribution in [0.2, 0.25) is 0 Å². The maximum atomic E-state index is 12.4. The zero-order chi connectivity index (χ0) is 12.2. The van der Waals surface area contributed by atoms with Gasteiger partial charge in [0.15, 0.2) is 4.96 Å². The Kier molecular flexibility index (Phi) is 2.34. The molecule has 3 rings (SSSR count). The van der Waals surface area contributed by atoms with E-state index in [4.69, 9.17) is 0 Å². The Bertz CT molecular complexity index is 803. The normalized spacial score (nSPS) is 11.5. The molecule has 3 nitrogen and oxygen atoms in total. The van der Waals surface area contributed by atoms with Crippen LogP contribution in [-0.2, 0) is 0 Å². The third-order valence-electron chi connectivity index (χ3n) is 2.89. The van der Waals surface area contributed by atoms with E-state index >= 15 is 0 Å². The lowest BCUT2D eigenvalue weighted by atomic mass is 10.2. The predicted octanol–water partition coefficient (Wildman–Crippen LogP) is 3.29. The number of hydrogen-bond acceptors (Lipinski definition) is 3. The lowest BCUT2D eigenvalue weighted by Crippen LogP contribution is -2.15. The first-order valence-electron chi connectivity index (χ1n) is 5.16. The summed E-state index contributed by atoms with van der Waals surface area (Å²) in [6, 6.07) is 5.59. The van der Waals surface area contributed by atoms with Crippen LogP contribution in [0.5, 0.6) is 0 Å². The fourth-order valence-corrected chi connectivity index (χ4v) is 3.20. The standard InChI is InChI=1S/C12H9BrN2OS/c1-6-7(2)17-12-14-10-4-3-8(13)5-9(10)11(16)15(6)12/h3-5H,1-2H3. The van der Waals surface area contributed by atoms with Gasteiger partial charge in [-0.15, -0.1) is 11.3 Å². The number of hydrogen-bond donors (Lipinski definition) is 0. The van der Waals surface area contributed by atoms with Gasteiger partial charge in [-0.1, -0.05) is 15.9 Å². The Morgan fingerprint density at radius 2 is 2.12 bits per heavy atom. The van der Waals surface area contributed by atoms with Crippen molar-refractivity contribution in [2.24, 2.45) is 0 Å². The van der Waals surface area contributed by atoms with Crippen LogP contribution in [0.4, 0.5) is 0 Å². The van der Waals surface area contributed by atoms with Crippen LogP contribution in [-0.4, -0.2) is 9.38 Å². The highest BCUT2D eigenvalue weighted by atomic mass is 79.9. The summed E-state index contributed by atoms with van der Waals surface area (Å²) in [6.07, 6.45) is 0. The molecule has 0 bridgehead atoms. The Morgan fingerprint density at radius 1 is 1.35 bits per heavy atom. The average molecular weight is 309 g/mol. The highest BCUT2D eigenvalue weighted by Crippen LogP contribution is 2.22. The maximum absolute atomic E-state index is 12.4. The number of benzene rings is 1. The monoisotopic (exact) mass is 308 g/mol. The Morgan fingerprint density at radius 3 is 2.88 bits per heavy atom. The molecule has 0 spiro atoms. The van der Waals surface area contributed by atoms with Gasteiger partial charge in [-0.25, -0.2) is 4.98 Å². The molecule has 0 amide bonds. The van der Waals surface area contributed by atoms with Crippen LogP contribution >= 0.6 is 27.3 Å². The number of fused-ring (bicyclic) bond motifs is 2. The van der Waals surface area contributed by atoms with Crippen LogP contribution in [0.1, 0.15) is 10.6 Å². The number of thiazole rings is 1. The minimum atomic E-state index is 0.00755. The number of aryl methyl sites for hydroxylation is 2. The fraction of sp³-hybridized carbons (Fsp3) is 0.167. The number of halogens is 1. The van der Waals surface area contributed by atoms with E-state index in [9.17, 15) is 4.79 Å². The second-order valence-corrected chi connectivity index (χ2v) is 6.04. The molecule has 86 valence electrons. The highest BCUT2D eigenvalue weighted by molar-refractivity contribution is 9.10. The van der Waals surface area contributed by atoms with E-state index in [0.717, 1.165) is 25.5 Å². The van der Waals surface area contributed by atoms with E-state index in [1.54, 1.807) is 15.7 Å². The SMILES string of the molecule is Cc1sc2nc3ccc(Br)cc3c(=O)n2c1C. The summed E-state index contributed by atoms with van der Waals surface area (Å²) < 4.78 is 2.59. The van der Waals surface area contributed by atoms with Gasteiger partial charge in [-0.3, -0.25) is 9.20 Å². The van der Waals surface area contributed by atoms with Gasteiger partial charge in [0, 0.05) is 15.0 Å². The Hall–Kier alpha value is -1.20. The Labute approximate surface area is 110 Å². The number of rotatable bonds is 0. The van der Waals surface area contributed by atoms with Gasteiger partial charge in [-0.05, 0) is 32.0 Å². The number of aromatic nitrogens is 2. The summed E-state index contributed by atoms with van der Waals surface area (Å²) in [5.41, 5.74) is 1.73. The van der Waals surface area contributed by atoms with Gasteiger partial charge < -0.3 is 0 Å². The van der Waals surface area contributed by atoms with Crippen molar-refractivity contribution in [1.82, 2.24) is 9.38 Å². The molecule has 3 aromatic rings. The number of nitrogens with zero attached hydrogens (tertiary/aromatic N) is 2. The van der Waals surface area contributed by atoms with E-state index < -0.39 is 0 Å². The molecular weight excluding hydrogens is 300 g/mol. The summed E-state index contributed by atoms with van der Waals surface area (Å²) in [4.78, 5) is 18.8. The smallest absolute Gasteiger partial charge is 0.266 e. The minimum Gasteiger partial charge on any atom is -0.268 e. The van der Waals surface area contributed by atoms with Crippen LogP contribution in [0.15, 0.2) is 27.5 Å². The quantitative estimate of drug-likeness (QED) is 0.638. The fourth-order valence-electron chi connectivity index (χ4n) is 1.87. The maximum Gasteiger partial charge on any atom is 0.266 e. The van der Waals surface area contributed by atoms with E-state index in [1.807, 2.05) is 32.0 Å². The van der Waals surface area contributed by atoms with Gasteiger partial charge in [0.1, 0.15) is 0 Å². The molecule has 0 aliphatic heterocycles. The molecule has 0 aliphatic carbocycles. The molecule has 0 N–H and O–H groups in total. The van der Waals surface area contributed by atoms with Crippen molar-refractivity contribution in [2.45, 2.75) is 13.8 Å². The second-order valence-electron chi connectivity index (χ2n) is 3.94. The van der Waals surface area contributed by atoms with Gasteiger partial charge in [0.2, 0.25) is 0 Å². The molecule has 0 aliphatic rings. The van der Waals surface area contributed by atoms with Crippen LogP contribution in [0.3, 0.4) is 0 Å². The zero-order valence-electron chi connectivity index (χ0n) is 9.32. The largest absolute Gasteiger partial charge is 0.268 e. The topological polar surface area (TPSA) is 34.4 Å². The first-order chi connectivity index (χ1) is 8.08. The van der Waals surface area contributed by atoms with Gasteiger partial charge in [0.05, 0.1) is 10.9 Å². The van der Waals surface area contributed by atoms with E-state index in [-0.39, 0.29) is 5.56 Å². The molecule has 17 heavy (non-hydrogen) atoms. The summed E-state index contributed by atoms with van der Waals surface area (Å²) in [7, 11) is 0. The van der Waals surface area contributed by atoms with Gasteiger partial charge in [-0.2, -0.15) is 0 Å². The summed E-state index contributed by atoms with van der Waals surface area (Å²) in [5, 5.41) is 0.651. The molecule has 2 aromatic heterocycles. The molecule has 2 heterocycles. The second kappa shape index (κ2) is 3.65. The van der Waals surface area contributed by atoms with E-state index in [2.05, 4.69) is 20.9 Å². The van der Waals surface area contributed by atoms with Crippen molar-refractivity contribution >= 4 is 43.1 Å². The average Bonchev–Trinajstić information content (AvgIpc) is 2.57. The summed E-state index contributed by atoms with van der Waals surface area (Å²) >= 11 is 4.93. The van der Waals surface area contributed by atoms with Crippen LogP contribution < -0.4 is 5.56 Å². The van der Waals surface area contributed by atoms with Crippen molar-refractivity contribution in [3.63, 3.8) is 0 Å². The molecular formula is C12H9BrN2OS.